The molecule has 0 aliphatic rings. The van der Waals surface area contributed by atoms with Gasteiger partial charge in [-0.15, -0.1) is 0 Å². The highest BCUT2D eigenvalue weighted by atomic mass is 16.6. The van der Waals surface area contributed by atoms with E-state index < -0.39 is 60.0 Å². The third-order valence-electron chi connectivity index (χ3n) is 6.50. The van der Waals surface area contributed by atoms with Crippen molar-refractivity contribution in [1.82, 2.24) is 16.0 Å². The van der Waals surface area contributed by atoms with Crippen LogP contribution in [0.4, 0.5) is 4.79 Å². The largest absolute Gasteiger partial charge is 0.467 e. The maximum absolute atomic E-state index is 13.5. The fourth-order valence-electron chi connectivity index (χ4n) is 4.03. The van der Waals surface area contributed by atoms with Crippen LogP contribution in [-0.4, -0.2) is 60.7 Å². The molecule has 0 spiro atoms. The number of nitrogens with one attached hydrogen (secondary N) is 3. The van der Waals surface area contributed by atoms with Crippen molar-refractivity contribution in [2.75, 3.05) is 7.11 Å². The van der Waals surface area contributed by atoms with Gasteiger partial charge in [-0.05, 0) is 37.8 Å². The van der Waals surface area contributed by atoms with Gasteiger partial charge in [-0.25, -0.2) is 9.59 Å². The zero-order chi connectivity index (χ0) is 32.0. The third kappa shape index (κ3) is 12.6. The van der Waals surface area contributed by atoms with Crippen LogP contribution in [0.1, 0.15) is 58.6 Å². The van der Waals surface area contributed by atoms with Crippen LogP contribution in [-0.2, 0) is 46.4 Å². The van der Waals surface area contributed by atoms with Crippen LogP contribution in [0.3, 0.4) is 0 Å². The Morgan fingerprint density at radius 3 is 1.91 bits per heavy atom. The van der Waals surface area contributed by atoms with E-state index in [4.69, 9.17) is 14.2 Å². The number of amides is 3. The number of alkyl carbamates (subject to hydrolysis) is 1. The summed E-state index contributed by atoms with van der Waals surface area (Å²) in [6.45, 7) is 8.56. The van der Waals surface area contributed by atoms with Crippen molar-refractivity contribution in [3.8, 4) is 0 Å². The molecule has 11 nitrogen and oxygen atoms in total. The van der Waals surface area contributed by atoms with Crippen molar-refractivity contribution in [2.24, 2.45) is 5.92 Å². The summed E-state index contributed by atoms with van der Waals surface area (Å²) < 4.78 is 15.5. The number of methoxy groups -OCH3 is 1. The molecular weight excluding hydrogens is 554 g/mol. The van der Waals surface area contributed by atoms with Gasteiger partial charge in [0.15, 0.2) is 0 Å². The summed E-state index contributed by atoms with van der Waals surface area (Å²) in [5.74, 6) is -3.15. The lowest BCUT2D eigenvalue weighted by Crippen LogP contribution is -2.58. The van der Waals surface area contributed by atoms with Crippen molar-refractivity contribution in [3.05, 3.63) is 71.8 Å². The molecule has 0 fully saturated rings. The van der Waals surface area contributed by atoms with Gasteiger partial charge in [0.2, 0.25) is 11.8 Å². The minimum atomic E-state index is -1.40. The minimum Gasteiger partial charge on any atom is -0.467 e. The molecular formula is C32H43N3O8. The first-order valence-corrected chi connectivity index (χ1v) is 14.2. The lowest BCUT2D eigenvalue weighted by atomic mass is 9.96. The average molecular weight is 598 g/mol. The number of esters is 2. The lowest BCUT2D eigenvalue weighted by Gasteiger charge is -2.28. The summed E-state index contributed by atoms with van der Waals surface area (Å²) in [5.41, 5.74) is 0.693. The summed E-state index contributed by atoms with van der Waals surface area (Å²) in [6, 6.07) is 14.6. The number of rotatable bonds is 14. The maximum atomic E-state index is 13.5. The summed E-state index contributed by atoms with van der Waals surface area (Å²) in [5, 5.41) is 7.78. The van der Waals surface area contributed by atoms with Gasteiger partial charge < -0.3 is 30.2 Å². The number of hydrogen-bond acceptors (Lipinski definition) is 8. The van der Waals surface area contributed by atoms with E-state index in [0.29, 0.717) is 6.42 Å². The number of carbonyl (C=O) groups excluding carboxylic acids is 5. The predicted octanol–water partition coefficient (Wildman–Crippen LogP) is 3.44. The Kier molecular flexibility index (Phi) is 13.7. The van der Waals surface area contributed by atoms with Crippen LogP contribution < -0.4 is 16.0 Å². The van der Waals surface area contributed by atoms with Crippen LogP contribution in [0.2, 0.25) is 0 Å². The topological polar surface area (TPSA) is 149 Å². The van der Waals surface area contributed by atoms with Gasteiger partial charge in [0.1, 0.15) is 30.3 Å². The second kappa shape index (κ2) is 16.9. The van der Waals surface area contributed by atoms with Crippen molar-refractivity contribution < 1.29 is 38.2 Å². The van der Waals surface area contributed by atoms with Gasteiger partial charge in [0.25, 0.3) is 0 Å². The first-order chi connectivity index (χ1) is 20.3. The first-order valence-electron chi connectivity index (χ1n) is 14.2. The number of hydrogen-bond donors (Lipinski definition) is 3. The molecule has 2 aromatic rings. The fraction of sp³-hybridized carbons (Fsp3) is 0.469. The van der Waals surface area contributed by atoms with Crippen molar-refractivity contribution >= 4 is 29.8 Å². The van der Waals surface area contributed by atoms with Gasteiger partial charge in [-0.1, -0.05) is 80.9 Å². The van der Waals surface area contributed by atoms with Crippen LogP contribution in [0.5, 0.6) is 0 Å². The van der Waals surface area contributed by atoms with Crippen LogP contribution in [0, 0.1) is 5.92 Å². The van der Waals surface area contributed by atoms with E-state index in [9.17, 15) is 24.0 Å². The molecule has 0 radical (unpaired) electrons. The highest BCUT2D eigenvalue weighted by Crippen LogP contribution is 2.13. The Balaban J connectivity index is 2.21. The smallest absolute Gasteiger partial charge is 0.408 e. The van der Waals surface area contributed by atoms with Crippen LogP contribution >= 0.6 is 0 Å². The van der Waals surface area contributed by atoms with Gasteiger partial charge >= 0.3 is 18.0 Å². The Morgan fingerprint density at radius 2 is 1.37 bits per heavy atom. The molecule has 2 rings (SSSR count). The number of ether oxygens (including phenoxy) is 3. The molecule has 0 bridgehead atoms. The minimum absolute atomic E-state index is 0.0192. The number of benzene rings is 2. The molecule has 0 aliphatic heterocycles. The standard InChI is InChI=1S/C32H43N3O8/c1-7-21(2)27(29(38)33-25(30(39)41-6)18-22-14-10-8-11-15-22)35-28(37)24(34-31(40)43-32(3,4)5)19-26(36)42-20-23-16-12-9-13-17-23/h8-17,21,24-25,27H,7,18-20H2,1-6H3,(H,33,38)(H,34,40)(H,35,37)/t21-,24+,25+,27-/m0/s1. The molecule has 0 aromatic heterocycles. The molecule has 234 valence electrons. The molecule has 0 saturated carbocycles. The zero-order valence-electron chi connectivity index (χ0n) is 25.7. The predicted molar refractivity (Wildman–Crippen MR) is 159 cm³/mol. The van der Waals surface area contributed by atoms with E-state index in [1.165, 1.54) is 7.11 Å². The summed E-state index contributed by atoms with van der Waals surface area (Å²) in [4.78, 5) is 64.8. The quantitative estimate of drug-likeness (QED) is 0.222. The van der Waals surface area contributed by atoms with E-state index in [1.54, 1.807) is 52.0 Å². The molecule has 43 heavy (non-hydrogen) atoms. The molecule has 11 heteroatoms. The normalized spacial score (nSPS) is 13.8. The Morgan fingerprint density at radius 1 is 0.791 bits per heavy atom. The highest BCUT2D eigenvalue weighted by molar-refractivity contribution is 5.94. The van der Waals surface area contributed by atoms with E-state index >= 15 is 0 Å². The average Bonchev–Trinajstić information content (AvgIpc) is 2.97. The molecule has 0 aliphatic carbocycles. The van der Waals surface area contributed by atoms with E-state index in [1.807, 2.05) is 43.3 Å². The van der Waals surface area contributed by atoms with Crippen molar-refractivity contribution in [2.45, 2.75) is 84.2 Å². The molecule has 4 atom stereocenters. The number of carbonyl (C=O) groups is 5. The van der Waals surface area contributed by atoms with E-state index in [2.05, 4.69) is 16.0 Å². The fourth-order valence-corrected chi connectivity index (χ4v) is 4.03. The van der Waals surface area contributed by atoms with Gasteiger partial charge in [0, 0.05) is 6.42 Å². The third-order valence-corrected chi connectivity index (χ3v) is 6.50. The van der Waals surface area contributed by atoms with E-state index in [-0.39, 0.29) is 18.9 Å². The zero-order valence-corrected chi connectivity index (χ0v) is 25.7. The molecule has 0 saturated heterocycles. The highest BCUT2D eigenvalue weighted by Gasteiger charge is 2.34. The first kappa shape index (κ1) is 34.8. The second-order valence-electron chi connectivity index (χ2n) is 11.2. The Hall–Kier alpha value is -4.41. The molecule has 3 N–H and O–H groups in total. The SMILES string of the molecule is CC[C@H](C)[C@H](NC(=O)[C@@H](CC(=O)OCc1ccccc1)NC(=O)OC(C)(C)C)C(=O)N[C@H](Cc1ccccc1)C(=O)OC. The summed E-state index contributed by atoms with van der Waals surface area (Å²) in [7, 11) is 1.23. The van der Waals surface area contributed by atoms with Crippen LogP contribution in [0.15, 0.2) is 60.7 Å². The second-order valence-corrected chi connectivity index (χ2v) is 11.2. The Bertz CT molecular complexity index is 1210. The van der Waals surface area contributed by atoms with Crippen LogP contribution in [0.25, 0.3) is 0 Å². The maximum Gasteiger partial charge on any atom is 0.408 e. The van der Waals surface area contributed by atoms with Gasteiger partial charge in [0.05, 0.1) is 13.5 Å². The molecule has 0 unspecified atom stereocenters. The molecule has 2 aromatic carbocycles. The summed E-state index contributed by atoms with van der Waals surface area (Å²) >= 11 is 0. The monoisotopic (exact) mass is 597 g/mol. The van der Waals surface area contributed by atoms with Gasteiger partial charge in [-0.2, -0.15) is 0 Å². The molecule has 0 heterocycles. The van der Waals surface area contributed by atoms with Crippen molar-refractivity contribution in [1.29, 1.82) is 0 Å². The van der Waals surface area contributed by atoms with Crippen molar-refractivity contribution in [3.63, 3.8) is 0 Å². The van der Waals surface area contributed by atoms with Gasteiger partial charge in [-0.3, -0.25) is 14.4 Å². The molecule has 3 amide bonds. The Labute approximate surface area is 253 Å². The lowest BCUT2D eigenvalue weighted by molar-refractivity contribution is -0.147. The van der Waals surface area contributed by atoms with E-state index in [0.717, 1.165) is 11.1 Å². The summed E-state index contributed by atoms with van der Waals surface area (Å²) in [6.07, 6.45) is -0.743.